The number of fused-ring (bicyclic) bond motifs is 1. The van der Waals surface area contributed by atoms with Crippen molar-refractivity contribution in [3.8, 4) is 0 Å². The Morgan fingerprint density at radius 2 is 2.29 bits per heavy atom. The number of benzene rings is 1. The van der Waals surface area contributed by atoms with E-state index in [-0.39, 0.29) is 11.7 Å². The van der Waals surface area contributed by atoms with E-state index in [4.69, 9.17) is 0 Å². The fourth-order valence-electron chi connectivity index (χ4n) is 1.30. The largest absolute Gasteiger partial charge is 0.273 e. The SMILES string of the molecule is CC(=O)n1ncc2c(F)cc(Br)cc21. The Morgan fingerprint density at radius 3 is 2.93 bits per heavy atom. The molecule has 0 radical (unpaired) electrons. The molecule has 2 rings (SSSR count). The second-order valence-corrected chi connectivity index (χ2v) is 3.81. The summed E-state index contributed by atoms with van der Waals surface area (Å²) < 4.78 is 15.1. The van der Waals surface area contributed by atoms with Gasteiger partial charge in [-0.25, -0.2) is 9.07 Å². The van der Waals surface area contributed by atoms with Crippen LogP contribution in [-0.2, 0) is 0 Å². The van der Waals surface area contributed by atoms with Gasteiger partial charge in [-0.05, 0) is 12.1 Å². The Balaban J connectivity index is 2.85. The smallest absolute Gasteiger partial charge is 0.244 e. The maximum Gasteiger partial charge on any atom is 0.244 e. The lowest BCUT2D eigenvalue weighted by atomic mass is 10.2. The Morgan fingerprint density at radius 1 is 1.57 bits per heavy atom. The zero-order chi connectivity index (χ0) is 10.3. The molecule has 0 fully saturated rings. The van der Waals surface area contributed by atoms with Crippen LogP contribution in [-0.4, -0.2) is 15.7 Å². The van der Waals surface area contributed by atoms with Crippen molar-refractivity contribution in [2.75, 3.05) is 0 Å². The first-order valence-corrected chi connectivity index (χ1v) is 4.72. The third-order valence-corrected chi connectivity index (χ3v) is 2.36. The fraction of sp³-hybridized carbons (Fsp3) is 0.111. The molecule has 0 aliphatic carbocycles. The first-order valence-electron chi connectivity index (χ1n) is 3.93. The fourth-order valence-corrected chi connectivity index (χ4v) is 1.72. The molecule has 0 saturated heterocycles. The molecule has 5 heteroatoms. The van der Waals surface area contributed by atoms with Crippen molar-refractivity contribution in [2.24, 2.45) is 0 Å². The van der Waals surface area contributed by atoms with Gasteiger partial charge in [0.25, 0.3) is 0 Å². The Bertz CT molecular complexity index is 521. The number of hydrogen-bond donors (Lipinski definition) is 0. The molecular formula is C9H6BrFN2O. The van der Waals surface area contributed by atoms with Crippen molar-refractivity contribution in [1.29, 1.82) is 0 Å². The maximum atomic E-state index is 13.3. The van der Waals surface area contributed by atoms with Crippen molar-refractivity contribution >= 4 is 32.7 Å². The van der Waals surface area contributed by atoms with Crippen LogP contribution in [0.5, 0.6) is 0 Å². The number of carbonyl (C=O) groups excluding carboxylic acids is 1. The van der Waals surface area contributed by atoms with Crippen LogP contribution in [0.4, 0.5) is 4.39 Å². The summed E-state index contributed by atoms with van der Waals surface area (Å²) in [6.07, 6.45) is 1.35. The number of halogens is 2. The van der Waals surface area contributed by atoms with Gasteiger partial charge < -0.3 is 0 Å². The van der Waals surface area contributed by atoms with Gasteiger partial charge in [0.2, 0.25) is 5.91 Å². The molecule has 0 unspecified atom stereocenters. The highest BCUT2D eigenvalue weighted by molar-refractivity contribution is 9.10. The summed E-state index contributed by atoms with van der Waals surface area (Å²) in [5, 5.41) is 4.15. The second-order valence-electron chi connectivity index (χ2n) is 2.90. The normalized spacial score (nSPS) is 10.8. The minimum Gasteiger partial charge on any atom is -0.273 e. The molecule has 1 aromatic carbocycles. The number of aromatic nitrogens is 2. The van der Waals surface area contributed by atoms with E-state index in [2.05, 4.69) is 21.0 Å². The van der Waals surface area contributed by atoms with Gasteiger partial charge in [0.1, 0.15) is 5.82 Å². The molecule has 0 aliphatic heterocycles. The molecule has 2 aromatic rings. The van der Waals surface area contributed by atoms with Gasteiger partial charge >= 0.3 is 0 Å². The molecular weight excluding hydrogens is 251 g/mol. The van der Waals surface area contributed by atoms with E-state index in [1.165, 1.54) is 23.9 Å². The summed E-state index contributed by atoms with van der Waals surface area (Å²) in [6, 6.07) is 3.00. The van der Waals surface area contributed by atoms with Crippen molar-refractivity contribution in [3.63, 3.8) is 0 Å². The van der Waals surface area contributed by atoms with E-state index in [1.807, 2.05) is 0 Å². The molecule has 1 aromatic heterocycles. The molecule has 0 aliphatic rings. The first kappa shape index (κ1) is 9.33. The van der Waals surface area contributed by atoms with Crippen LogP contribution >= 0.6 is 15.9 Å². The highest BCUT2D eigenvalue weighted by atomic mass is 79.9. The first-order chi connectivity index (χ1) is 6.59. The predicted molar refractivity (Wildman–Crippen MR) is 53.7 cm³/mol. The summed E-state index contributed by atoms with van der Waals surface area (Å²) in [4.78, 5) is 11.1. The quantitative estimate of drug-likeness (QED) is 0.727. The van der Waals surface area contributed by atoms with Crippen LogP contribution < -0.4 is 0 Å². The van der Waals surface area contributed by atoms with Crippen molar-refractivity contribution < 1.29 is 9.18 Å². The Hall–Kier alpha value is -1.23. The summed E-state index contributed by atoms with van der Waals surface area (Å²) >= 11 is 3.16. The van der Waals surface area contributed by atoms with Crippen LogP contribution in [0, 0.1) is 5.82 Å². The van der Waals surface area contributed by atoms with Crippen LogP contribution in [0.1, 0.15) is 11.7 Å². The van der Waals surface area contributed by atoms with Crippen LogP contribution in [0.15, 0.2) is 22.8 Å². The summed E-state index contributed by atoms with van der Waals surface area (Å²) in [5.74, 6) is -0.626. The number of rotatable bonds is 0. The molecule has 0 bridgehead atoms. The molecule has 0 amide bonds. The van der Waals surface area contributed by atoms with E-state index in [1.54, 1.807) is 6.07 Å². The van der Waals surface area contributed by atoms with Crippen molar-refractivity contribution in [1.82, 2.24) is 9.78 Å². The summed E-state index contributed by atoms with van der Waals surface area (Å²) in [7, 11) is 0. The highest BCUT2D eigenvalue weighted by Gasteiger charge is 2.10. The van der Waals surface area contributed by atoms with Crippen LogP contribution in [0.3, 0.4) is 0 Å². The van der Waals surface area contributed by atoms with E-state index in [9.17, 15) is 9.18 Å². The maximum absolute atomic E-state index is 13.3. The van der Waals surface area contributed by atoms with Crippen molar-refractivity contribution in [3.05, 3.63) is 28.6 Å². The lowest BCUT2D eigenvalue weighted by Gasteiger charge is -1.98. The summed E-state index contributed by atoms with van der Waals surface area (Å²) in [5.41, 5.74) is 0.476. The number of hydrogen-bond acceptors (Lipinski definition) is 2. The van der Waals surface area contributed by atoms with Gasteiger partial charge in [-0.1, -0.05) is 15.9 Å². The molecule has 14 heavy (non-hydrogen) atoms. The monoisotopic (exact) mass is 256 g/mol. The highest BCUT2D eigenvalue weighted by Crippen LogP contribution is 2.22. The van der Waals surface area contributed by atoms with E-state index >= 15 is 0 Å². The lowest BCUT2D eigenvalue weighted by Crippen LogP contribution is -2.06. The van der Waals surface area contributed by atoms with E-state index < -0.39 is 0 Å². The average Bonchev–Trinajstić information content (AvgIpc) is 2.47. The summed E-state index contributed by atoms with van der Waals surface area (Å²) in [6.45, 7) is 1.38. The minimum absolute atomic E-state index is 0.238. The molecule has 1 heterocycles. The van der Waals surface area contributed by atoms with Crippen LogP contribution in [0.25, 0.3) is 10.9 Å². The third-order valence-electron chi connectivity index (χ3n) is 1.90. The zero-order valence-electron chi connectivity index (χ0n) is 7.29. The topological polar surface area (TPSA) is 34.9 Å². The van der Waals surface area contributed by atoms with E-state index in [0.29, 0.717) is 15.4 Å². The van der Waals surface area contributed by atoms with Crippen LogP contribution in [0.2, 0.25) is 0 Å². The zero-order valence-corrected chi connectivity index (χ0v) is 8.88. The number of carbonyl (C=O) groups is 1. The standard InChI is InChI=1S/C9H6BrFN2O/c1-5(14)13-9-3-6(10)2-8(11)7(9)4-12-13/h2-4H,1H3. The molecule has 72 valence electrons. The molecule has 3 nitrogen and oxygen atoms in total. The number of nitrogens with zero attached hydrogens (tertiary/aromatic N) is 2. The van der Waals surface area contributed by atoms with Gasteiger partial charge in [0.15, 0.2) is 0 Å². The average molecular weight is 257 g/mol. The Labute approximate surface area is 87.6 Å². The molecule has 0 atom stereocenters. The second kappa shape index (κ2) is 3.16. The molecule has 0 spiro atoms. The molecule has 0 N–H and O–H groups in total. The third kappa shape index (κ3) is 1.33. The predicted octanol–water partition coefficient (Wildman–Crippen LogP) is 2.60. The van der Waals surface area contributed by atoms with Gasteiger partial charge in [-0.15, -0.1) is 0 Å². The van der Waals surface area contributed by atoms with Gasteiger partial charge in [0.05, 0.1) is 17.1 Å². The minimum atomic E-state index is -0.387. The van der Waals surface area contributed by atoms with Gasteiger partial charge in [-0.3, -0.25) is 4.79 Å². The Kier molecular flexibility index (Phi) is 2.11. The molecule has 0 saturated carbocycles. The van der Waals surface area contributed by atoms with Gasteiger partial charge in [-0.2, -0.15) is 5.10 Å². The van der Waals surface area contributed by atoms with Gasteiger partial charge in [0, 0.05) is 11.4 Å². The van der Waals surface area contributed by atoms with E-state index in [0.717, 1.165) is 0 Å². The lowest BCUT2D eigenvalue weighted by molar-refractivity contribution is 0.0927. The van der Waals surface area contributed by atoms with Crippen molar-refractivity contribution in [2.45, 2.75) is 6.92 Å².